The fraction of sp³-hybridized carbons (Fsp3) is 0.471. The van der Waals surface area contributed by atoms with Gasteiger partial charge in [-0.15, -0.1) is 0 Å². The van der Waals surface area contributed by atoms with Crippen LogP contribution in [0.3, 0.4) is 0 Å². The van der Waals surface area contributed by atoms with Crippen molar-refractivity contribution in [2.24, 2.45) is 0 Å². The van der Waals surface area contributed by atoms with Crippen LogP contribution in [0.15, 0.2) is 18.2 Å². The van der Waals surface area contributed by atoms with Crippen LogP contribution in [0.25, 0.3) is 0 Å². The number of aliphatic carboxylic acids is 1. The van der Waals surface area contributed by atoms with Crippen LogP contribution in [0.4, 0.5) is 5.69 Å². The molecule has 1 atom stereocenters. The summed E-state index contributed by atoms with van der Waals surface area (Å²) < 4.78 is 5.14. The summed E-state index contributed by atoms with van der Waals surface area (Å²) in [5.41, 5.74) is 2.93. The minimum atomic E-state index is -1.03. The first-order valence-electron chi connectivity index (χ1n) is 8.06. The van der Waals surface area contributed by atoms with Crippen molar-refractivity contribution < 1.29 is 24.2 Å². The zero-order valence-corrected chi connectivity index (χ0v) is 13.3. The van der Waals surface area contributed by atoms with E-state index in [1.54, 1.807) is 0 Å². The van der Waals surface area contributed by atoms with Crippen molar-refractivity contribution in [2.45, 2.75) is 31.7 Å². The Balaban J connectivity index is 1.53. The maximum atomic E-state index is 12.3. The number of fused-ring (bicyclic) bond motifs is 1. The highest BCUT2D eigenvalue weighted by Gasteiger charge is 2.32. The molecule has 7 nitrogen and oxygen atoms in total. The highest BCUT2D eigenvalue weighted by molar-refractivity contribution is 5.99. The molecule has 1 aromatic carbocycles. The second-order valence-electron chi connectivity index (χ2n) is 6.09. The minimum Gasteiger partial charge on any atom is -0.480 e. The lowest BCUT2D eigenvalue weighted by atomic mass is 10.0. The lowest BCUT2D eigenvalue weighted by molar-refractivity contribution is -0.158. The highest BCUT2D eigenvalue weighted by Crippen LogP contribution is 2.24. The average Bonchev–Trinajstić information content (AvgIpc) is 2.94. The number of rotatable bonds is 5. The summed E-state index contributed by atoms with van der Waals surface area (Å²) in [4.78, 5) is 36.2. The van der Waals surface area contributed by atoms with Gasteiger partial charge in [-0.25, -0.2) is 4.79 Å². The zero-order valence-electron chi connectivity index (χ0n) is 13.3. The second-order valence-corrected chi connectivity index (χ2v) is 6.09. The van der Waals surface area contributed by atoms with E-state index in [-0.39, 0.29) is 18.4 Å². The van der Waals surface area contributed by atoms with Gasteiger partial charge in [-0.1, -0.05) is 12.1 Å². The summed E-state index contributed by atoms with van der Waals surface area (Å²) >= 11 is 0. The third-order valence-corrected chi connectivity index (χ3v) is 4.38. The number of nitrogens with zero attached hydrogens (tertiary/aromatic N) is 1. The summed E-state index contributed by atoms with van der Waals surface area (Å²) in [5.74, 6) is -1.17. The van der Waals surface area contributed by atoms with Crippen molar-refractivity contribution in [1.29, 1.82) is 0 Å². The largest absolute Gasteiger partial charge is 0.480 e. The lowest BCUT2D eigenvalue weighted by Gasteiger charge is -2.32. The Morgan fingerprint density at radius 1 is 1.38 bits per heavy atom. The van der Waals surface area contributed by atoms with Crippen LogP contribution in [-0.2, 0) is 32.0 Å². The van der Waals surface area contributed by atoms with E-state index in [1.165, 1.54) is 4.90 Å². The first kappa shape index (κ1) is 16.4. The number of nitrogens with one attached hydrogen (secondary N) is 1. The van der Waals surface area contributed by atoms with Crippen LogP contribution in [0, 0.1) is 0 Å². The maximum absolute atomic E-state index is 12.3. The molecule has 2 heterocycles. The third kappa shape index (κ3) is 3.56. The SMILES string of the molecule is O=C1Cc2cc(CCCC(=O)N3CCOCC3C(=O)O)ccc2N1. The fourth-order valence-corrected chi connectivity index (χ4v) is 3.13. The monoisotopic (exact) mass is 332 g/mol. The molecule has 2 aliphatic rings. The third-order valence-electron chi connectivity index (χ3n) is 4.38. The predicted molar refractivity (Wildman–Crippen MR) is 85.7 cm³/mol. The number of aryl methyl sites for hydroxylation is 1. The van der Waals surface area contributed by atoms with Crippen LogP contribution in [-0.4, -0.2) is 53.6 Å². The number of morpholine rings is 1. The van der Waals surface area contributed by atoms with E-state index in [4.69, 9.17) is 9.84 Å². The second kappa shape index (κ2) is 7.00. The summed E-state index contributed by atoms with van der Waals surface area (Å²) in [6, 6.07) is 4.94. The lowest BCUT2D eigenvalue weighted by Crippen LogP contribution is -2.52. The van der Waals surface area contributed by atoms with Crippen LogP contribution >= 0.6 is 0 Å². The van der Waals surface area contributed by atoms with E-state index < -0.39 is 12.0 Å². The summed E-state index contributed by atoms with van der Waals surface area (Å²) in [7, 11) is 0. The Labute approximate surface area is 139 Å². The van der Waals surface area contributed by atoms with E-state index in [0.29, 0.717) is 32.4 Å². The number of hydrogen-bond acceptors (Lipinski definition) is 4. The van der Waals surface area contributed by atoms with E-state index in [0.717, 1.165) is 23.2 Å². The number of amides is 2. The molecule has 24 heavy (non-hydrogen) atoms. The average molecular weight is 332 g/mol. The van der Waals surface area contributed by atoms with Crippen LogP contribution in [0.5, 0.6) is 0 Å². The molecule has 2 N–H and O–H groups in total. The topological polar surface area (TPSA) is 95.9 Å². The first-order chi connectivity index (χ1) is 11.5. The van der Waals surface area contributed by atoms with Gasteiger partial charge in [0, 0.05) is 18.7 Å². The van der Waals surface area contributed by atoms with Gasteiger partial charge in [0.15, 0.2) is 6.04 Å². The van der Waals surface area contributed by atoms with Gasteiger partial charge < -0.3 is 20.1 Å². The van der Waals surface area contributed by atoms with Crippen molar-refractivity contribution in [3.05, 3.63) is 29.3 Å². The molecule has 0 aliphatic carbocycles. The molecule has 1 aromatic rings. The number of carbonyl (C=O) groups is 3. The standard InChI is InChI=1S/C17H20N2O5/c20-15-9-12-8-11(4-5-13(12)18-15)2-1-3-16(21)19-6-7-24-10-14(19)17(22)23/h4-5,8,14H,1-3,6-7,9-10H2,(H,18,20)(H,22,23). The quantitative estimate of drug-likeness (QED) is 0.832. The molecule has 128 valence electrons. The highest BCUT2D eigenvalue weighted by atomic mass is 16.5. The van der Waals surface area contributed by atoms with Gasteiger partial charge in [-0.3, -0.25) is 9.59 Å². The van der Waals surface area contributed by atoms with Crippen LogP contribution in [0.2, 0.25) is 0 Å². The molecular formula is C17H20N2O5. The Hall–Kier alpha value is -2.41. The molecule has 0 aromatic heterocycles. The van der Waals surface area contributed by atoms with Gasteiger partial charge in [-0.05, 0) is 30.0 Å². The Bertz CT molecular complexity index is 673. The number of carbonyl (C=O) groups excluding carboxylic acids is 2. The van der Waals surface area contributed by atoms with Gasteiger partial charge in [-0.2, -0.15) is 0 Å². The molecule has 0 radical (unpaired) electrons. The Morgan fingerprint density at radius 2 is 2.21 bits per heavy atom. The maximum Gasteiger partial charge on any atom is 0.328 e. The molecular weight excluding hydrogens is 312 g/mol. The van der Waals surface area contributed by atoms with Gasteiger partial charge in [0.1, 0.15) is 0 Å². The number of carboxylic acid groups (broad SMARTS) is 1. The van der Waals surface area contributed by atoms with Crippen molar-refractivity contribution in [3.8, 4) is 0 Å². The summed E-state index contributed by atoms with van der Waals surface area (Å²) in [6.07, 6.45) is 2.06. The van der Waals surface area contributed by atoms with E-state index in [1.807, 2.05) is 18.2 Å². The molecule has 7 heteroatoms. The Morgan fingerprint density at radius 3 is 3.00 bits per heavy atom. The molecule has 1 unspecified atom stereocenters. The fourth-order valence-electron chi connectivity index (χ4n) is 3.13. The predicted octanol–water partition coefficient (Wildman–Crippen LogP) is 0.816. The van der Waals surface area contributed by atoms with Gasteiger partial charge in [0.05, 0.1) is 19.6 Å². The van der Waals surface area contributed by atoms with E-state index >= 15 is 0 Å². The molecule has 2 amide bonds. The number of anilines is 1. The van der Waals surface area contributed by atoms with Crippen molar-refractivity contribution in [3.63, 3.8) is 0 Å². The number of hydrogen-bond donors (Lipinski definition) is 2. The van der Waals surface area contributed by atoms with Gasteiger partial charge in [0.2, 0.25) is 11.8 Å². The molecule has 1 fully saturated rings. The molecule has 3 rings (SSSR count). The van der Waals surface area contributed by atoms with E-state index in [9.17, 15) is 14.4 Å². The summed E-state index contributed by atoms with van der Waals surface area (Å²) in [5, 5.41) is 12.0. The van der Waals surface area contributed by atoms with Crippen molar-refractivity contribution in [2.75, 3.05) is 25.1 Å². The van der Waals surface area contributed by atoms with Gasteiger partial charge >= 0.3 is 5.97 Å². The van der Waals surface area contributed by atoms with E-state index in [2.05, 4.69) is 5.32 Å². The van der Waals surface area contributed by atoms with Crippen molar-refractivity contribution >= 4 is 23.5 Å². The molecule has 0 bridgehead atoms. The molecule has 2 aliphatic heterocycles. The van der Waals surface area contributed by atoms with Crippen LogP contribution < -0.4 is 5.32 Å². The molecule has 1 saturated heterocycles. The summed E-state index contributed by atoms with van der Waals surface area (Å²) in [6.45, 7) is 0.747. The van der Waals surface area contributed by atoms with Gasteiger partial charge in [0.25, 0.3) is 0 Å². The molecule has 0 saturated carbocycles. The van der Waals surface area contributed by atoms with Crippen molar-refractivity contribution in [1.82, 2.24) is 4.90 Å². The van der Waals surface area contributed by atoms with Crippen LogP contribution in [0.1, 0.15) is 24.0 Å². The molecule has 0 spiro atoms. The Kier molecular flexibility index (Phi) is 4.80. The smallest absolute Gasteiger partial charge is 0.328 e. The normalized spacial score (nSPS) is 19.8. The zero-order chi connectivity index (χ0) is 17.1. The first-order valence-corrected chi connectivity index (χ1v) is 8.06. The minimum absolute atomic E-state index is 0.00403. The number of ether oxygens (including phenoxy) is 1. The number of benzene rings is 1. The number of carboxylic acids is 1.